The maximum atomic E-state index is 8.17. The van der Waals surface area contributed by atoms with Gasteiger partial charge in [-0.1, -0.05) is 6.92 Å². The summed E-state index contributed by atoms with van der Waals surface area (Å²) < 4.78 is 0. The van der Waals surface area contributed by atoms with Gasteiger partial charge in [0.2, 0.25) is 0 Å². The van der Waals surface area contributed by atoms with Gasteiger partial charge in [0.15, 0.2) is 0 Å². The van der Waals surface area contributed by atoms with Crippen LogP contribution >= 0.6 is 0 Å². The molecule has 4 heteroatoms. The Hall–Kier alpha value is -0.160. The fraction of sp³-hybridized carbons (Fsp3) is 1.00. The summed E-state index contributed by atoms with van der Waals surface area (Å²) in [6.07, 6.45) is 0. The molecule has 0 unspecified atom stereocenters. The number of rotatable bonds is 3. The van der Waals surface area contributed by atoms with Gasteiger partial charge in [-0.15, -0.1) is 0 Å². The molecule has 0 spiro atoms. The zero-order chi connectivity index (χ0) is 8.41. The van der Waals surface area contributed by atoms with Gasteiger partial charge < -0.3 is 21.1 Å². The number of nitrogens with two attached hydrogens (primary N) is 1. The molecular weight excluding hydrogens is 134 g/mol. The van der Waals surface area contributed by atoms with E-state index >= 15 is 0 Å². The van der Waals surface area contributed by atoms with E-state index in [-0.39, 0.29) is 25.7 Å². The first-order valence-electron chi connectivity index (χ1n) is 3.25. The summed E-state index contributed by atoms with van der Waals surface area (Å²) in [5.41, 5.74) is 4.78. The Morgan fingerprint density at radius 1 is 1.20 bits per heavy atom. The normalized spacial score (nSPS) is 9.00. The van der Waals surface area contributed by atoms with Crippen molar-refractivity contribution in [3.8, 4) is 0 Å². The largest absolute Gasteiger partial charge is 0.396 e. The highest BCUT2D eigenvalue weighted by Gasteiger charge is 1.91. The highest BCUT2D eigenvalue weighted by Crippen LogP contribution is 1.85. The predicted molar refractivity (Wildman–Crippen MR) is 39.5 cm³/mol. The van der Waals surface area contributed by atoms with Crippen molar-refractivity contribution in [1.82, 2.24) is 0 Å². The highest BCUT2D eigenvalue weighted by molar-refractivity contribution is 4.41. The maximum Gasteiger partial charge on any atom is 0.0553 e. The lowest BCUT2D eigenvalue weighted by Crippen LogP contribution is -2.04. The second kappa shape index (κ2) is 11.6. The smallest absolute Gasteiger partial charge is 0.0553 e. The third-order valence-electron chi connectivity index (χ3n) is 0.752. The third kappa shape index (κ3) is 15.7. The molecule has 10 heavy (non-hydrogen) atoms. The Morgan fingerprint density at radius 2 is 1.50 bits per heavy atom. The van der Waals surface area contributed by atoms with Crippen LogP contribution in [0.1, 0.15) is 6.92 Å². The minimum Gasteiger partial charge on any atom is -0.396 e. The molecule has 0 radical (unpaired) electrons. The first kappa shape index (κ1) is 12.5. The molecule has 64 valence electrons. The fourth-order valence-corrected chi connectivity index (χ4v) is 0.0577. The van der Waals surface area contributed by atoms with Crippen LogP contribution in [-0.2, 0) is 0 Å². The Kier molecular flexibility index (Phi) is 14.5. The summed E-state index contributed by atoms with van der Waals surface area (Å²) in [5, 5.41) is 24.1. The molecule has 0 bridgehead atoms. The SMILES string of the molecule is CC(CO)CO.NCCO. The van der Waals surface area contributed by atoms with Crippen LogP contribution in [-0.4, -0.2) is 41.7 Å². The minimum atomic E-state index is 0.0463. The summed E-state index contributed by atoms with van der Waals surface area (Å²) in [7, 11) is 0. The number of aliphatic hydroxyl groups excluding tert-OH is 3. The molecule has 0 aliphatic heterocycles. The molecule has 0 atom stereocenters. The molecule has 0 heterocycles. The first-order valence-corrected chi connectivity index (χ1v) is 3.25. The second-order valence-corrected chi connectivity index (χ2v) is 1.98. The average molecular weight is 151 g/mol. The van der Waals surface area contributed by atoms with Gasteiger partial charge in [0, 0.05) is 25.7 Å². The van der Waals surface area contributed by atoms with Gasteiger partial charge in [0.05, 0.1) is 6.61 Å². The van der Waals surface area contributed by atoms with Gasteiger partial charge in [-0.25, -0.2) is 0 Å². The van der Waals surface area contributed by atoms with Crippen molar-refractivity contribution in [3.05, 3.63) is 0 Å². The quantitative estimate of drug-likeness (QED) is 0.397. The van der Waals surface area contributed by atoms with Crippen LogP contribution in [0.15, 0.2) is 0 Å². The lowest BCUT2D eigenvalue weighted by atomic mass is 10.2. The molecule has 0 aliphatic carbocycles. The van der Waals surface area contributed by atoms with E-state index in [0.29, 0.717) is 6.54 Å². The topological polar surface area (TPSA) is 86.7 Å². The van der Waals surface area contributed by atoms with Gasteiger partial charge in [0.1, 0.15) is 0 Å². The Balaban J connectivity index is 0. The van der Waals surface area contributed by atoms with E-state index in [1.807, 2.05) is 0 Å². The summed E-state index contributed by atoms with van der Waals surface area (Å²) in [4.78, 5) is 0. The molecule has 5 N–H and O–H groups in total. The van der Waals surface area contributed by atoms with E-state index in [1.54, 1.807) is 6.92 Å². The van der Waals surface area contributed by atoms with Crippen LogP contribution in [0.25, 0.3) is 0 Å². The van der Waals surface area contributed by atoms with Crippen LogP contribution < -0.4 is 5.73 Å². The van der Waals surface area contributed by atoms with E-state index in [9.17, 15) is 0 Å². The van der Waals surface area contributed by atoms with Crippen molar-refractivity contribution in [2.75, 3.05) is 26.4 Å². The Bertz CT molecular complexity index is 46.3. The van der Waals surface area contributed by atoms with Gasteiger partial charge in [0.25, 0.3) is 0 Å². The zero-order valence-corrected chi connectivity index (χ0v) is 6.32. The lowest BCUT2D eigenvalue weighted by molar-refractivity contribution is 0.162. The molecule has 0 rings (SSSR count). The van der Waals surface area contributed by atoms with Crippen molar-refractivity contribution in [2.24, 2.45) is 11.7 Å². The van der Waals surface area contributed by atoms with E-state index in [4.69, 9.17) is 21.1 Å². The molecule has 0 amide bonds. The molecule has 0 aliphatic rings. The average Bonchev–Trinajstić information content (AvgIpc) is 2.03. The molecule has 0 saturated carbocycles. The van der Waals surface area contributed by atoms with E-state index in [1.165, 1.54) is 0 Å². The van der Waals surface area contributed by atoms with Crippen LogP contribution in [0.4, 0.5) is 0 Å². The van der Waals surface area contributed by atoms with Gasteiger partial charge >= 0.3 is 0 Å². The summed E-state index contributed by atoms with van der Waals surface area (Å²) in [5.74, 6) is 0.0463. The van der Waals surface area contributed by atoms with E-state index < -0.39 is 0 Å². The van der Waals surface area contributed by atoms with Crippen LogP contribution in [0.5, 0.6) is 0 Å². The summed E-state index contributed by atoms with van der Waals surface area (Å²) in [6, 6.07) is 0. The molecule has 0 saturated heterocycles. The number of hydrogen-bond donors (Lipinski definition) is 4. The van der Waals surface area contributed by atoms with Crippen LogP contribution in [0, 0.1) is 5.92 Å². The number of aliphatic hydroxyl groups is 3. The van der Waals surface area contributed by atoms with E-state index in [0.717, 1.165) is 0 Å². The lowest BCUT2D eigenvalue weighted by Gasteiger charge is -1.97. The van der Waals surface area contributed by atoms with Crippen LogP contribution in [0.3, 0.4) is 0 Å². The predicted octanol–water partition coefficient (Wildman–Crippen LogP) is -1.46. The standard InChI is InChI=1S/C4H10O2.C2H7NO/c1-4(2-5)3-6;3-1-2-4/h4-6H,2-3H2,1H3;4H,1-3H2. The zero-order valence-electron chi connectivity index (χ0n) is 6.32. The van der Waals surface area contributed by atoms with Gasteiger partial charge in [-0.05, 0) is 0 Å². The molecular formula is C6H17NO3. The van der Waals surface area contributed by atoms with Crippen molar-refractivity contribution in [1.29, 1.82) is 0 Å². The molecule has 0 aromatic heterocycles. The summed E-state index contributed by atoms with van der Waals surface area (Å²) >= 11 is 0. The first-order chi connectivity index (χ1) is 4.72. The van der Waals surface area contributed by atoms with Crippen molar-refractivity contribution < 1.29 is 15.3 Å². The van der Waals surface area contributed by atoms with E-state index in [2.05, 4.69) is 0 Å². The van der Waals surface area contributed by atoms with Crippen molar-refractivity contribution in [3.63, 3.8) is 0 Å². The fourth-order valence-electron chi connectivity index (χ4n) is 0.0577. The van der Waals surface area contributed by atoms with Gasteiger partial charge in [-0.3, -0.25) is 0 Å². The monoisotopic (exact) mass is 151 g/mol. The molecule has 0 aromatic rings. The van der Waals surface area contributed by atoms with Gasteiger partial charge in [-0.2, -0.15) is 0 Å². The maximum absolute atomic E-state index is 8.17. The van der Waals surface area contributed by atoms with Crippen LogP contribution in [0.2, 0.25) is 0 Å². The Morgan fingerprint density at radius 3 is 1.50 bits per heavy atom. The Labute approximate surface area is 61.3 Å². The third-order valence-corrected chi connectivity index (χ3v) is 0.752. The second-order valence-electron chi connectivity index (χ2n) is 1.98. The van der Waals surface area contributed by atoms with Crippen molar-refractivity contribution in [2.45, 2.75) is 6.92 Å². The molecule has 0 fully saturated rings. The number of hydrogen-bond acceptors (Lipinski definition) is 4. The molecule has 0 aromatic carbocycles. The molecule has 4 nitrogen and oxygen atoms in total. The minimum absolute atomic E-state index is 0.0463. The highest BCUT2D eigenvalue weighted by atomic mass is 16.3. The summed E-state index contributed by atoms with van der Waals surface area (Å²) in [6.45, 7) is 2.41. The van der Waals surface area contributed by atoms with Crippen molar-refractivity contribution >= 4 is 0 Å².